The normalized spacial score (nSPS) is 32.3. The van der Waals surface area contributed by atoms with E-state index in [-0.39, 0.29) is 40.4 Å². The zero-order valence-corrected chi connectivity index (χ0v) is 20.7. The third-order valence-corrected chi connectivity index (χ3v) is 6.92. The van der Waals surface area contributed by atoms with Gasteiger partial charge in [-0.05, 0) is 17.7 Å². The van der Waals surface area contributed by atoms with Crippen LogP contribution in [0.25, 0.3) is 22.1 Å². The number of hydrogen-bond donors (Lipinski definition) is 8. The van der Waals surface area contributed by atoms with Crippen LogP contribution in [-0.2, 0) is 9.47 Å². The molecule has 2 fully saturated rings. The van der Waals surface area contributed by atoms with Gasteiger partial charge in [-0.15, -0.1) is 0 Å². The number of ether oxygens (including phenoxy) is 4. The highest BCUT2D eigenvalue weighted by Crippen LogP contribution is 2.34. The molecule has 1 aromatic heterocycles. The lowest BCUT2D eigenvalue weighted by molar-refractivity contribution is -0.277. The maximum atomic E-state index is 13.5. The fraction of sp³-hybridized carbons (Fsp3) is 0.423. The highest BCUT2D eigenvalue weighted by molar-refractivity contribution is 5.88. The van der Waals surface area contributed by atoms with Crippen molar-refractivity contribution in [2.75, 3.05) is 19.8 Å². The molecule has 40 heavy (non-hydrogen) atoms. The lowest BCUT2D eigenvalue weighted by Gasteiger charge is -2.39. The minimum atomic E-state index is -1.85. The van der Waals surface area contributed by atoms with Crippen LogP contribution >= 0.6 is 0 Å². The molecule has 14 heteroatoms. The van der Waals surface area contributed by atoms with Gasteiger partial charge in [-0.3, -0.25) is 4.79 Å². The van der Waals surface area contributed by atoms with Crippen LogP contribution in [0.15, 0.2) is 51.9 Å². The highest BCUT2D eigenvalue weighted by Gasteiger charge is 2.49. The van der Waals surface area contributed by atoms with Crippen LogP contribution in [0.3, 0.4) is 0 Å². The molecule has 3 heterocycles. The summed E-state index contributed by atoms with van der Waals surface area (Å²) in [5.41, 5.74) is -2.03. The summed E-state index contributed by atoms with van der Waals surface area (Å²) in [7, 11) is 0. The predicted octanol–water partition coefficient (Wildman–Crippen LogP) is -1.84. The van der Waals surface area contributed by atoms with Crippen molar-refractivity contribution >= 4 is 11.0 Å². The fourth-order valence-electron chi connectivity index (χ4n) is 4.53. The Morgan fingerprint density at radius 3 is 2.33 bits per heavy atom. The van der Waals surface area contributed by atoms with Gasteiger partial charge < -0.3 is 64.2 Å². The van der Waals surface area contributed by atoms with Gasteiger partial charge in [-0.25, -0.2) is 0 Å². The summed E-state index contributed by atoms with van der Waals surface area (Å²) in [6.45, 7) is -1.73. The number of phenolic OH excluding ortho intramolecular Hbond substituents is 1. The Morgan fingerprint density at radius 1 is 0.950 bits per heavy atom. The number of phenols is 1. The Hall–Kier alpha value is -3.31. The van der Waals surface area contributed by atoms with Crippen molar-refractivity contribution in [2.24, 2.45) is 0 Å². The number of benzene rings is 2. The molecular weight excluding hydrogens is 536 g/mol. The summed E-state index contributed by atoms with van der Waals surface area (Å²) in [5.74, 6) is -0.357. The van der Waals surface area contributed by atoms with Gasteiger partial charge in [0.1, 0.15) is 70.6 Å². The number of rotatable bonds is 7. The van der Waals surface area contributed by atoms with E-state index in [0.29, 0.717) is 5.56 Å². The van der Waals surface area contributed by atoms with Crippen molar-refractivity contribution in [1.29, 1.82) is 0 Å². The maximum absolute atomic E-state index is 13.5. The smallest absolute Gasteiger partial charge is 0.229 e. The van der Waals surface area contributed by atoms with Crippen molar-refractivity contribution in [3.05, 3.63) is 52.9 Å². The minimum Gasteiger partial charge on any atom is -0.508 e. The van der Waals surface area contributed by atoms with E-state index in [4.69, 9.17) is 23.4 Å². The Kier molecular flexibility index (Phi) is 7.71. The fourth-order valence-corrected chi connectivity index (χ4v) is 4.53. The third-order valence-electron chi connectivity index (χ3n) is 6.92. The second kappa shape index (κ2) is 10.9. The zero-order valence-electron chi connectivity index (χ0n) is 20.7. The van der Waals surface area contributed by atoms with E-state index in [1.807, 2.05) is 0 Å². The first-order valence-corrected chi connectivity index (χ1v) is 12.2. The zero-order chi connectivity index (χ0) is 28.8. The Labute approximate surface area is 225 Å². The Balaban J connectivity index is 1.43. The SMILES string of the molecule is O=c1c(-c2ccc(O[C@H]3OC[C@](O)(CO)[C@H]3O)cc2)coc2cc(O)cc(O[C@@H]3O[C@H](CO)[C@@H](O)[C@H](O)[C@H]3O)c12. The molecule has 0 aliphatic carbocycles. The molecule has 3 aromatic rings. The number of aromatic hydroxyl groups is 1. The van der Waals surface area contributed by atoms with Gasteiger partial charge in [0.05, 0.1) is 25.4 Å². The van der Waals surface area contributed by atoms with Gasteiger partial charge >= 0.3 is 0 Å². The van der Waals surface area contributed by atoms with E-state index in [2.05, 4.69) is 0 Å². The molecule has 14 nitrogen and oxygen atoms in total. The molecule has 8 atom stereocenters. The van der Waals surface area contributed by atoms with Crippen LogP contribution in [0.5, 0.6) is 17.2 Å². The summed E-state index contributed by atoms with van der Waals surface area (Å²) in [6, 6.07) is 8.26. The maximum Gasteiger partial charge on any atom is 0.229 e. The lowest BCUT2D eigenvalue weighted by atomic mass is 9.99. The molecule has 2 aromatic carbocycles. The number of fused-ring (bicyclic) bond motifs is 1. The second-order valence-corrected chi connectivity index (χ2v) is 9.64. The number of aliphatic hydroxyl groups excluding tert-OH is 6. The summed E-state index contributed by atoms with van der Waals surface area (Å²) in [6.07, 6.45) is -9.53. The van der Waals surface area contributed by atoms with E-state index in [1.165, 1.54) is 36.6 Å². The average Bonchev–Trinajstić information content (AvgIpc) is 3.23. The minimum absolute atomic E-state index is 0.0583. The van der Waals surface area contributed by atoms with Crippen molar-refractivity contribution in [1.82, 2.24) is 0 Å². The molecule has 216 valence electrons. The van der Waals surface area contributed by atoms with Crippen LogP contribution < -0.4 is 14.9 Å². The highest BCUT2D eigenvalue weighted by atomic mass is 16.7. The topological polar surface area (TPSA) is 229 Å². The predicted molar refractivity (Wildman–Crippen MR) is 132 cm³/mol. The molecule has 0 radical (unpaired) electrons. The van der Waals surface area contributed by atoms with Gasteiger partial charge in [0.2, 0.25) is 18.0 Å². The molecule has 2 aliphatic rings. The van der Waals surface area contributed by atoms with Crippen molar-refractivity contribution < 1.29 is 64.2 Å². The molecule has 0 amide bonds. The molecule has 8 N–H and O–H groups in total. The quantitative estimate of drug-likeness (QED) is 0.158. The first kappa shape index (κ1) is 28.2. The van der Waals surface area contributed by atoms with E-state index in [9.17, 15) is 45.6 Å². The number of hydrogen-bond acceptors (Lipinski definition) is 14. The van der Waals surface area contributed by atoms with Gasteiger partial charge in [-0.2, -0.15) is 0 Å². The van der Waals surface area contributed by atoms with Crippen molar-refractivity contribution in [3.8, 4) is 28.4 Å². The summed E-state index contributed by atoms with van der Waals surface area (Å²) >= 11 is 0. The van der Waals surface area contributed by atoms with Gasteiger partial charge in [0.25, 0.3) is 0 Å². The largest absolute Gasteiger partial charge is 0.508 e. The van der Waals surface area contributed by atoms with E-state index >= 15 is 0 Å². The molecular formula is C26H28O14. The number of aliphatic hydroxyl groups is 7. The van der Waals surface area contributed by atoms with Gasteiger partial charge in [0, 0.05) is 12.1 Å². The van der Waals surface area contributed by atoms with E-state index in [0.717, 1.165) is 6.07 Å². The molecule has 0 bridgehead atoms. The van der Waals surface area contributed by atoms with Gasteiger partial charge in [0.15, 0.2) is 0 Å². The van der Waals surface area contributed by atoms with Crippen LogP contribution in [0, 0.1) is 0 Å². The summed E-state index contributed by atoms with van der Waals surface area (Å²) in [4.78, 5) is 13.5. The summed E-state index contributed by atoms with van der Waals surface area (Å²) < 4.78 is 27.3. The third kappa shape index (κ3) is 5.01. The first-order valence-electron chi connectivity index (χ1n) is 12.2. The van der Waals surface area contributed by atoms with E-state index < -0.39 is 67.3 Å². The average molecular weight is 564 g/mol. The first-order chi connectivity index (χ1) is 19.1. The molecule has 5 rings (SSSR count). The molecule has 0 unspecified atom stereocenters. The van der Waals surface area contributed by atoms with Crippen molar-refractivity contribution in [3.63, 3.8) is 0 Å². The Bertz CT molecular complexity index is 1410. The lowest BCUT2D eigenvalue weighted by Crippen LogP contribution is -2.60. The Morgan fingerprint density at radius 2 is 1.68 bits per heavy atom. The van der Waals surface area contributed by atoms with Crippen LogP contribution in [0.4, 0.5) is 0 Å². The van der Waals surface area contributed by atoms with Crippen molar-refractivity contribution in [2.45, 2.75) is 48.7 Å². The molecule has 0 spiro atoms. The van der Waals surface area contributed by atoms with Crippen LogP contribution in [0.2, 0.25) is 0 Å². The molecule has 2 saturated heterocycles. The molecule has 0 saturated carbocycles. The standard InChI is InChI=1S/C26H28O14/c27-7-17-20(31)21(32)22(33)24(40-17)39-16-6-12(29)5-15-18(16)19(30)14(8-36-15)11-1-3-13(4-2-11)38-25-23(34)26(35,9-28)10-37-25/h1-6,8,17,20-25,27-29,31-35H,7,9-10H2/t17-,20-,21+,22-,23+,24-,25-,26-/m1/s1. The second-order valence-electron chi connectivity index (χ2n) is 9.64. The van der Waals surface area contributed by atoms with Gasteiger partial charge in [-0.1, -0.05) is 12.1 Å². The monoisotopic (exact) mass is 564 g/mol. The van der Waals surface area contributed by atoms with Crippen LogP contribution in [-0.4, -0.2) is 109 Å². The van der Waals surface area contributed by atoms with Crippen LogP contribution in [0.1, 0.15) is 0 Å². The van der Waals surface area contributed by atoms with E-state index in [1.54, 1.807) is 0 Å². The molecule has 2 aliphatic heterocycles. The summed E-state index contributed by atoms with van der Waals surface area (Å²) in [5, 5.41) is 79.4.